The van der Waals surface area contributed by atoms with E-state index in [2.05, 4.69) is 184 Å². The molecule has 1 aliphatic rings. The summed E-state index contributed by atoms with van der Waals surface area (Å²) < 4.78 is 7.48. The third-order valence-electron chi connectivity index (χ3n) is 11.0. The van der Waals surface area contributed by atoms with Crippen LogP contribution in [0.5, 0.6) is 0 Å². The van der Waals surface area contributed by atoms with Crippen LogP contribution in [0.2, 0.25) is 0 Å². The Bertz CT molecular complexity index is 2800. The lowest BCUT2D eigenvalue weighted by atomic mass is 9.99. The molecular formula is C49H33N3. The van der Waals surface area contributed by atoms with Crippen molar-refractivity contribution in [1.29, 1.82) is 0 Å². The second kappa shape index (κ2) is 11.4. The molecule has 0 N–H and O–H groups in total. The molecule has 10 aromatic rings. The molecule has 0 bridgehead atoms. The SMILES string of the molecule is c1ccc2c3ccccc3n(-c3cccc(-n4c5ccccc5c5ccccc54)c3-n3c4c(c5cc(Cc6ccccc6)ccc53)C=CCC4)c2c#1. The average Bonchev–Trinajstić information content (AvgIpc) is 3.84. The van der Waals surface area contributed by atoms with E-state index in [1.54, 1.807) is 0 Å². The van der Waals surface area contributed by atoms with Crippen LogP contribution in [-0.2, 0) is 12.8 Å². The van der Waals surface area contributed by atoms with E-state index in [1.807, 2.05) is 6.07 Å². The lowest BCUT2D eigenvalue weighted by molar-refractivity contribution is 0.878. The number of allylic oxidation sites excluding steroid dienone is 1. The van der Waals surface area contributed by atoms with E-state index in [1.165, 1.54) is 65.9 Å². The summed E-state index contributed by atoms with van der Waals surface area (Å²) in [7, 11) is 0. The molecule has 3 heteroatoms. The molecule has 11 rings (SSSR count). The van der Waals surface area contributed by atoms with Crippen LogP contribution in [0.3, 0.4) is 0 Å². The second-order valence-corrected chi connectivity index (χ2v) is 13.9. The minimum absolute atomic E-state index is 0.900. The van der Waals surface area contributed by atoms with Gasteiger partial charge in [-0.05, 0) is 91.1 Å². The Morgan fingerprint density at radius 3 is 1.88 bits per heavy atom. The minimum atomic E-state index is 0.900. The molecule has 0 fully saturated rings. The van der Waals surface area contributed by atoms with Crippen molar-refractivity contribution in [2.75, 3.05) is 0 Å². The van der Waals surface area contributed by atoms with Crippen molar-refractivity contribution >= 4 is 60.6 Å². The largest absolute Gasteiger partial charge is 0.309 e. The summed E-state index contributed by atoms with van der Waals surface area (Å²) in [5.41, 5.74) is 14.5. The zero-order chi connectivity index (χ0) is 34.2. The molecule has 0 saturated carbocycles. The number of hydrogen-bond acceptors (Lipinski definition) is 0. The van der Waals surface area contributed by atoms with E-state index in [4.69, 9.17) is 0 Å². The number of fused-ring (bicyclic) bond motifs is 9. The van der Waals surface area contributed by atoms with Gasteiger partial charge in [0.15, 0.2) is 0 Å². The van der Waals surface area contributed by atoms with Crippen molar-refractivity contribution < 1.29 is 0 Å². The van der Waals surface area contributed by atoms with Gasteiger partial charge in [0.05, 0.1) is 39.1 Å². The van der Waals surface area contributed by atoms with E-state index < -0.39 is 0 Å². The molecule has 1 aliphatic carbocycles. The number of nitrogens with zero attached hydrogens (tertiary/aromatic N) is 3. The van der Waals surface area contributed by atoms with Crippen LogP contribution in [-0.4, -0.2) is 13.7 Å². The molecule has 0 spiro atoms. The number of para-hydroxylation sites is 4. The Morgan fingerprint density at radius 1 is 0.500 bits per heavy atom. The Hall–Kier alpha value is -6.76. The summed E-state index contributed by atoms with van der Waals surface area (Å²) in [6, 6.07) is 62.1. The Balaban J connectivity index is 1.29. The van der Waals surface area contributed by atoms with Crippen molar-refractivity contribution in [1.82, 2.24) is 13.7 Å². The highest BCUT2D eigenvalue weighted by Crippen LogP contribution is 2.43. The van der Waals surface area contributed by atoms with Gasteiger partial charge in [-0.15, -0.1) is 0 Å². The maximum Gasteiger partial charge on any atom is 0.105 e. The molecule has 0 saturated heterocycles. The van der Waals surface area contributed by atoms with E-state index >= 15 is 0 Å². The van der Waals surface area contributed by atoms with Gasteiger partial charge in [-0.3, -0.25) is 4.57 Å². The van der Waals surface area contributed by atoms with Gasteiger partial charge in [-0.1, -0.05) is 115 Å². The van der Waals surface area contributed by atoms with E-state index in [0.29, 0.717) is 0 Å². The maximum atomic E-state index is 3.53. The summed E-state index contributed by atoms with van der Waals surface area (Å²) in [5.74, 6) is 0. The van der Waals surface area contributed by atoms with Gasteiger partial charge in [-0.2, -0.15) is 0 Å². The van der Waals surface area contributed by atoms with Crippen molar-refractivity contribution in [3.05, 3.63) is 192 Å². The standard InChI is InChI=1S/C49H33N3/c1-2-15-33(16-3-1)31-34-29-30-46-40(32-34)39-21-8-13-26-45(39)52(46)49-47(50-41-22-9-4-17-35(41)36-18-5-10-23-42(36)50)27-14-28-48(49)51-43-24-11-6-19-37(43)38-20-7-12-25-44(38)51/h1-11,14-24,27-30,32H,13,26,31H2. The fourth-order valence-corrected chi connectivity index (χ4v) is 8.80. The predicted octanol–water partition coefficient (Wildman–Crippen LogP) is 12.0. The Kier molecular flexibility index (Phi) is 6.35. The third kappa shape index (κ3) is 4.22. The number of benzene rings is 6. The average molecular weight is 664 g/mol. The molecule has 3 nitrogen and oxygen atoms in total. The van der Waals surface area contributed by atoms with E-state index in [9.17, 15) is 0 Å². The maximum absolute atomic E-state index is 3.53. The molecule has 3 heterocycles. The van der Waals surface area contributed by atoms with Crippen molar-refractivity contribution in [2.45, 2.75) is 19.3 Å². The van der Waals surface area contributed by atoms with Crippen molar-refractivity contribution in [2.24, 2.45) is 0 Å². The Morgan fingerprint density at radius 2 is 1.13 bits per heavy atom. The summed E-state index contributed by atoms with van der Waals surface area (Å²) in [6.45, 7) is 0. The lowest BCUT2D eigenvalue weighted by Crippen LogP contribution is -2.12. The summed E-state index contributed by atoms with van der Waals surface area (Å²) in [6.07, 6.45) is 7.56. The predicted molar refractivity (Wildman–Crippen MR) is 216 cm³/mol. The molecule has 0 amide bonds. The monoisotopic (exact) mass is 663 g/mol. The molecule has 0 aliphatic heterocycles. The van der Waals surface area contributed by atoms with Gasteiger partial charge in [0.2, 0.25) is 0 Å². The lowest BCUT2D eigenvalue weighted by Gasteiger charge is -2.23. The molecule has 52 heavy (non-hydrogen) atoms. The molecule has 244 valence electrons. The first-order chi connectivity index (χ1) is 25.8. The first kappa shape index (κ1) is 29.0. The molecule has 7 aromatic carbocycles. The highest BCUT2D eigenvalue weighted by Gasteiger charge is 2.26. The zero-order valence-corrected chi connectivity index (χ0v) is 28.6. The topological polar surface area (TPSA) is 14.8 Å². The highest BCUT2D eigenvalue weighted by atomic mass is 15.1. The van der Waals surface area contributed by atoms with E-state index in [-0.39, 0.29) is 0 Å². The zero-order valence-electron chi connectivity index (χ0n) is 28.6. The fraction of sp³-hybridized carbons (Fsp3) is 0.0612. The van der Waals surface area contributed by atoms with Gasteiger partial charge in [0.1, 0.15) is 5.52 Å². The van der Waals surface area contributed by atoms with Gasteiger partial charge in [-0.25, -0.2) is 0 Å². The second-order valence-electron chi connectivity index (χ2n) is 13.9. The molecule has 0 atom stereocenters. The smallest absolute Gasteiger partial charge is 0.105 e. The van der Waals surface area contributed by atoms with Gasteiger partial charge in [0, 0.05) is 38.2 Å². The van der Waals surface area contributed by atoms with Crippen LogP contribution in [0.15, 0.2) is 158 Å². The number of hydrogen-bond donors (Lipinski definition) is 0. The van der Waals surface area contributed by atoms with Crippen LogP contribution >= 0.6 is 0 Å². The van der Waals surface area contributed by atoms with Gasteiger partial charge < -0.3 is 9.13 Å². The van der Waals surface area contributed by atoms with Gasteiger partial charge in [0.25, 0.3) is 0 Å². The normalized spacial score (nSPS) is 12.7. The molecule has 0 radical (unpaired) electrons. The summed E-state index contributed by atoms with van der Waals surface area (Å²) >= 11 is 0. The van der Waals surface area contributed by atoms with Crippen LogP contribution in [0.25, 0.3) is 77.7 Å². The van der Waals surface area contributed by atoms with Crippen LogP contribution in [0.4, 0.5) is 0 Å². The van der Waals surface area contributed by atoms with Crippen molar-refractivity contribution in [3.63, 3.8) is 0 Å². The minimum Gasteiger partial charge on any atom is -0.309 e. The quantitative estimate of drug-likeness (QED) is 0.174. The first-order valence-corrected chi connectivity index (χ1v) is 18.1. The number of rotatable bonds is 5. The number of aromatic nitrogens is 3. The third-order valence-corrected chi connectivity index (χ3v) is 11.0. The molecular weight excluding hydrogens is 631 g/mol. The molecule has 3 aromatic heterocycles. The van der Waals surface area contributed by atoms with Crippen LogP contribution in [0.1, 0.15) is 28.8 Å². The fourth-order valence-electron chi connectivity index (χ4n) is 8.80. The van der Waals surface area contributed by atoms with Gasteiger partial charge >= 0.3 is 0 Å². The highest BCUT2D eigenvalue weighted by molar-refractivity contribution is 6.11. The molecule has 0 unspecified atom stereocenters. The summed E-state index contributed by atoms with van der Waals surface area (Å²) in [5, 5.41) is 6.19. The van der Waals surface area contributed by atoms with Crippen LogP contribution < -0.4 is 0 Å². The van der Waals surface area contributed by atoms with Crippen LogP contribution in [0, 0.1) is 12.1 Å². The van der Waals surface area contributed by atoms with E-state index in [0.717, 1.165) is 47.4 Å². The Labute approximate surface area is 301 Å². The van der Waals surface area contributed by atoms with Crippen molar-refractivity contribution in [3.8, 4) is 17.1 Å². The summed E-state index contributed by atoms with van der Waals surface area (Å²) in [4.78, 5) is 0. The first-order valence-electron chi connectivity index (χ1n) is 18.1.